The Hall–Kier alpha value is -2.50. The van der Waals surface area contributed by atoms with Crippen LogP contribution in [0.4, 0.5) is 5.69 Å². The summed E-state index contributed by atoms with van der Waals surface area (Å²) >= 11 is 0. The van der Waals surface area contributed by atoms with Crippen molar-refractivity contribution in [2.75, 3.05) is 11.9 Å². The number of guanidine groups is 1. The van der Waals surface area contributed by atoms with Gasteiger partial charge in [-0.2, -0.15) is 0 Å². The monoisotopic (exact) mass is 245 g/mol. The third-order valence-corrected chi connectivity index (χ3v) is 2.32. The van der Waals surface area contributed by atoms with Crippen molar-refractivity contribution >= 4 is 11.6 Å². The topological polar surface area (TPSA) is 89.0 Å². The summed E-state index contributed by atoms with van der Waals surface area (Å²) in [5.74, 6) is 0.563. The van der Waals surface area contributed by atoms with Crippen LogP contribution in [0, 0.1) is 5.41 Å². The number of ether oxygens (including phenoxy) is 1. The van der Waals surface area contributed by atoms with Crippen molar-refractivity contribution in [1.82, 2.24) is 9.55 Å². The maximum Gasteiger partial charge on any atom is 0.190 e. The van der Waals surface area contributed by atoms with Crippen LogP contribution in [-0.2, 0) is 6.54 Å². The van der Waals surface area contributed by atoms with Gasteiger partial charge in [0.1, 0.15) is 12.4 Å². The molecule has 2 aromatic rings. The van der Waals surface area contributed by atoms with E-state index in [1.54, 1.807) is 12.5 Å². The van der Waals surface area contributed by atoms with Crippen molar-refractivity contribution in [3.8, 4) is 5.75 Å². The summed E-state index contributed by atoms with van der Waals surface area (Å²) in [7, 11) is 0. The number of nitrogens with two attached hydrogens (primary N) is 1. The van der Waals surface area contributed by atoms with Crippen LogP contribution in [0.5, 0.6) is 5.75 Å². The molecule has 0 unspecified atom stereocenters. The number of aromatic nitrogens is 2. The quantitative estimate of drug-likeness (QED) is 0.546. The molecule has 0 aliphatic carbocycles. The van der Waals surface area contributed by atoms with E-state index in [2.05, 4.69) is 10.3 Å². The summed E-state index contributed by atoms with van der Waals surface area (Å²) in [5.41, 5.74) is 5.99. The molecule has 0 fully saturated rings. The van der Waals surface area contributed by atoms with Crippen molar-refractivity contribution in [3.63, 3.8) is 0 Å². The number of para-hydroxylation sites is 2. The molecule has 4 N–H and O–H groups in total. The lowest BCUT2D eigenvalue weighted by Crippen LogP contribution is -2.21. The highest BCUT2D eigenvalue weighted by Crippen LogP contribution is 2.23. The third kappa shape index (κ3) is 3.24. The molecular formula is C12H15N5O. The molecule has 0 bridgehead atoms. The zero-order valence-corrected chi connectivity index (χ0v) is 9.84. The number of hydrogen-bond donors (Lipinski definition) is 3. The molecule has 0 aliphatic heterocycles. The first-order chi connectivity index (χ1) is 8.75. The van der Waals surface area contributed by atoms with Crippen LogP contribution in [0.1, 0.15) is 0 Å². The fraction of sp³-hybridized carbons (Fsp3) is 0.167. The first-order valence-electron chi connectivity index (χ1n) is 5.54. The molecule has 6 heteroatoms. The highest BCUT2D eigenvalue weighted by atomic mass is 16.5. The molecule has 1 heterocycles. The van der Waals surface area contributed by atoms with Crippen molar-refractivity contribution in [1.29, 1.82) is 5.41 Å². The summed E-state index contributed by atoms with van der Waals surface area (Å²) in [6.45, 7) is 1.24. The van der Waals surface area contributed by atoms with Crippen LogP contribution in [0.25, 0.3) is 0 Å². The van der Waals surface area contributed by atoms with E-state index in [4.69, 9.17) is 15.9 Å². The van der Waals surface area contributed by atoms with E-state index in [1.165, 1.54) is 0 Å². The predicted octanol–water partition coefficient (Wildman–Crippen LogP) is 1.27. The second-order valence-electron chi connectivity index (χ2n) is 3.68. The van der Waals surface area contributed by atoms with E-state index in [1.807, 2.05) is 35.0 Å². The van der Waals surface area contributed by atoms with Crippen LogP contribution < -0.4 is 15.8 Å². The Balaban J connectivity index is 1.94. The molecule has 6 nitrogen and oxygen atoms in total. The molecule has 18 heavy (non-hydrogen) atoms. The van der Waals surface area contributed by atoms with Gasteiger partial charge < -0.3 is 20.4 Å². The van der Waals surface area contributed by atoms with Gasteiger partial charge in [0.2, 0.25) is 0 Å². The summed E-state index contributed by atoms with van der Waals surface area (Å²) < 4.78 is 7.58. The van der Waals surface area contributed by atoms with Crippen LogP contribution in [0.15, 0.2) is 43.0 Å². The number of hydrogen-bond acceptors (Lipinski definition) is 3. The van der Waals surface area contributed by atoms with E-state index in [0.717, 1.165) is 0 Å². The second-order valence-corrected chi connectivity index (χ2v) is 3.68. The van der Waals surface area contributed by atoms with Gasteiger partial charge in [0.15, 0.2) is 5.96 Å². The lowest BCUT2D eigenvalue weighted by Gasteiger charge is -2.12. The van der Waals surface area contributed by atoms with Gasteiger partial charge in [0, 0.05) is 12.4 Å². The Morgan fingerprint density at radius 2 is 2.28 bits per heavy atom. The van der Waals surface area contributed by atoms with Gasteiger partial charge in [-0.15, -0.1) is 0 Å². The summed E-state index contributed by atoms with van der Waals surface area (Å²) in [6.07, 6.45) is 5.34. The molecule has 0 atom stereocenters. The van der Waals surface area contributed by atoms with Gasteiger partial charge >= 0.3 is 0 Å². The lowest BCUT2D eigenvalue weighted by atomic mass is 10.3. The average Bonchev–Trinajstić information content (AvgIpc) is 2.84. The molecule has 0 spiro atoms. The third-order valence-electron chi connectivity index (χ3n) is 2.32. The van der Waals surface area contributed by atoms with Crippen molar-refractivity contribution in [2.45, 2.75) is 6.54 Å². The van der Waals surface area contributed by atoms with Crippen LogP contribution >= 0.6 is 0 Å². The number of nitrogens with one attached hydrogen (secondary N) is 2. The van der Waals surface area contributed by atoms with Crippen molar-refractivity contribution in [3.05, 3.63) is 43.0 Å². The molecule has 1 aromatic heterocycles. The minimum Gasteiger partial charge on any atom is -0.490 e. The Morgan fingerprint density at radius 1 is 1.44 bits per heavy atom. The first-order valence-corrected chi connectivity index (χ1v) is 5.54. The van der Waals surface area contributed by atoms with E-state index < -0.39 is 0 Å². The number of rotatable bonds is 5. The first kappa shape index (κ1) is 12.0. The highest BCUT2D eigenvalue weighted by molar-refractivity contribution is 5.91. The number of imidazole rings is 1. The predicted molar refractivity (Wildman–Crippen MR) is 69.7 cm³/mol. The molecule has 2 rings (SSSR count). The highest BCUT2D eigenvalue weighted by Gasteiger charge is 2.03. The maximum atomic E-state index is 7.22. The Morgan fingerprint density at radius 3 is 3.00 bits per heavy atom. The zero-order chi connectivity index (χ0) is 12.8. The van der Waals surface area contributed by atoms with E-state index in [-0.39, 0.29) is 5.96 Å². The standard InChI is InChI=1S/C12H15N5O/c13-12(14)16-10-3-1-2-4-11(10)18-8-7-17-6-5-15-9-17/h1-6,9H,7-8H2,(H4,13,14,16). The smallest absolute Gasteiger partial charge is 0.190 e. The normalized spacial score (nSPS) is 10.0. The lowest BCUT2D eigenvalue weighted by molar-refractivity contribution is 0.300. The fourth-order valence-electron chi connectivity index (χ4n) is 1.52. The van der Waals surface area contributed by atoms with Gasteiger partial charge in [-0.3, -0.25) is 5.41 Å². The molecule has 0 radical (unpaired) electrons. The SMILES string of the molecule is N=C(N)Nc1ccccc1OCCn1ccnc1. The summed E-state index contributed by atoms with van der Waals surface area (Å²) in [4.78, 5) is 3.96. The molecule has 0 aliphatic rings. The molecule has 0 amide bonds. The number of benzene rings is 1. The molecule has 0 saturated heterocycles. The molecular weight excluding hydrogens is 230 g/mol. The van der Waals surface area contributed by atoms with Gasteiger partial charge in [-0.05, 0) is 12.1 Å². The Labute approximate surface area is 105 Å². The van der Waals surface area contributed by atoms with Crippen LogP contribution in [0.3, 0.4) is 0 Å². The zero-order valence-electron chi connectivity index (χ0n) is 9.84. The molecule has 94 valence electrons. The minimum absolute atomic E-state index is 0.111. The number of nitrogens with zero attached hydrogens (tertiary/aromatic N) is 2. The van der Waals surface area contributed by atoms with Crippen LogP contribution in [-0.4, -0.2) is 22.1 Å². The van der Waals surface area contributed by atoms with Crippen LogP contribution in [0.2, 0.25) is 0 Å². The van der Waals surface area contributed by atoms with Gasteiger partial charge in [0.25, 0.3) is 0 Å². The minimum atomic E-state index is -0.111. The van der Waals surface area contributed by atoms with Crippen molar-refractivity contribution in [2.24, 2.45) is 5.73 Å². The van der Waals surface area contributed by atoms with Gasteiger partial charge in [-0.25, -0.2) is 4.98 Å². The number of anilines is 1. The van der Waals surface area contributed by atoms with E-state index >= 15 is 0 Å². The second kappa shape index (κ2) is 5.72. The Bertz CT molecular complexity index is 509. The summed E-state index contributed by atoms with van der Waals surface area (Å²) in [5, 5.41) is 9.95. The van der Waals surface area contributed by atoms with Gasteiger partial charge in [-0.1, -0.05) is 12.1 Å². The van der Waals surface area contributed by atoms with Crippen molar-refractivity contribution < 1.29 is 4.74 Å². The van der Waals surface area contributed by atoms with E-state index in [0.29, 0.717) is 24.6 Å². The molecule has 0 saturated carbocycles. The maximum absolute atomic E-state index is 7.22. The Kier molecular flexibility index (Phi) is 3.80. The fourth-order valence-corrected chi connectivity index (χ4v) is 1.52. The van der Waals surface area contributed by atoms with E-state index in [9.17, 15) is 0 Å². The summed E-state index contributed by atoms with van der Waals surface area (Å²) in [6, 6.07) is 7.37. The van der Waals surface area contributed by atoms with Gasteiger partial charge in [0.05, 0.1) is 18.6 Å². The molecule has 1 aromatic carbocycles. The largest absolute Gasteiger partial charge is 0.490 e. The average molecular weight is 245 g/mol.